The summed E-state index contributed by atoms with van der Waals surface area (Å²) in [6.45, 7) is 6.48. The van der Waals surface area contributed by atoms with Crippen LogP contribution in [0.2, 0.25) is 0 Å². The van der Waals surface area contributed by atoms with E-state index in [2.05, 4.69) is 22.2 Å². The second-order valence-electron chi connectivity index (χ2n) is 7.21. The first-order valence-corrected chi connectivity index (χ1v) is 9.55. The third-order valence-electron chi connectivity index (χ3n) is 5.46. The molecular weight excluding hydrogens is 359 g/mol. The predicted octanol–water partition coefficient (Wildman–Crippen LogP) is 2.74. The Balaban J connectivity index is 1.82. The SMILES string of the molecule is CC[C@H]1CNCCN1C(=O)c1cc(-c2ccc(O)cc2F)nc2c1C(C)=NC2. The number of benzene rings is 1. The average Bonchev–Trinajstić information content (AvgIpc) is 3.07. The lowest BCUT2D eigenvalue weighted by molar-refractivity contribution is 0.0630. The van der Waals surface area contributed by atoms with Crippen LogP contribution in [0.1, 0.15) is 41.9 Å². The van der Waals surface area contributed by atoms with E-state index in [0.717, 1.165) is 36.9 Å². The van der Waals surface area contributed by atoms with Gasteiger partial charge in [-0.2, -0.15) is 0 Å². The Morgan fingerprint density at radius 1 is 1.39 bits per heavy atom. The van der Waals surface area contributed by atoms with E-state index >= 15 is 0 Å². The van der Waals surface area contributed by atoms with Gasteiger partial charge in [0.25, 0.3) is 5.91 Å². The molecule has 1 aromatic heterocycles. The number of hydrogen-bond donors (Lipinski definition) is 2. The molecule has 28 heavy (non-hydrogen) atoms. The summed E-state index contributed by atoms with van der Waals surface area (Å²) >= 11 is 0. The molecule has 2 aromatic rings. The van der Waals surface area contributed by atoms with Crippen LogP contribution >= 0.6 is 0 Å². The summed E-state index contributed by atoms with van der Waals surface area (Å²) in [7, 11) is 0. The van der Waals surface area contributed by atoms with E-state index in [-0.39, 0.29) is 23.3 Å². The summed E-state index contributed by atoms with van der Waals surface area (Å²) in [6, 6.07) is 5.74. The lowest BCUT2D eigenvalue weighted by atomic mass is 9.98. The van der Waals surface area contributed by atoms with Gasteiger partial charge in [-0.15, -0.1) is 0 Å². The van der Waals surface area contributed by atoms with Crippen LogP contribution < -0.4 is 5.32 Å². The molecule has 2 N–H and O–H groups in total. The third kappa shape index (κ3) is 3.16. The largest absolute Gasteiger partial charge is 0.508 e. The van der Waals surface area contributed by atoms with E-state index in [0.29, 0.717) is 30.0 Å². The van der Waals surface area contributed by atoms with Gasteiger partial charge in [-0.1, -0.05) is 6.92 Å². The predicted molar refractivity (Wildman–Crippen MR) is 105 cm³/mol. The number of aliphatic imine (C=N–C) groups is 1. The number of nitrogens with zero attached hydrogens (tertiary/aromatic N) is 3. The van der Waals surface area contributed by atoms with Crippen molar-refractivity contribution in [2.24, 2.45) is 4.99 Å². The number of piperazine rings is 1. The molecule has 0 unspecified atom stereocenters. The molecule has 1 atom stereocenters. The summed E-state index contributed by atoms with van der Waals surface area (Å²) < 4.78 is 14.4. The summed E-state index contributed by atoms with van der Waals surface area (Å²) in [6.07, 6.45) is 0.860. The Labute approximate surface area is 163 Å². The molecule has 3 heterocycles. The molecular formula is C21H23FN4O2. The minimum absolute atomic E-state index is 0.0658. The highest BCUT2D eigenvalue weighted by Crippen LogP contribution is 2.31. The maximum absolute atomic E-state index is 14.4. The highest BCUT2D eigenvalue weighted by Gasteiger charge is 2.31. The minimum Gasteiger partial charge on any atom is -0.508 e. The summed E-state index contributed by atoms with van der Waals surface area (Å²) in [5.41, 5.74) is 3.40. The first kappa shape index (κ1) is 18.6. The molecule has 1 aromatic carbocycles. The van der Waals surface area contributed by atoms with Gasteiger partial charge in [0.05, 0.1) is 23.5 Å². The van der Waals surface area contributed by atoms with Gasteiger partial charge >= 0.3 is 0 Å². The topological polar surface area (TPSA) is 77.8 Å². The molecule has 1 fully saturated rings. The van der Waals surface area contributed by atoms with Crippen LogP contribution in [0.3, 0.4) is 0 Å². The van der Waals surface area contributed by atoms with Crippen LogP contribution in [0.5, 0.6) is 5.75 Å². The zero-order chi connectivity index (χ0) is 19.8. The van der Waals surface area contributed by atoms with Gasteiger partial charge in [0.1, 0.15) is 11.6 Å². The number of pyridine rings is 1. The molecule has 0 aliphatic carbocycles. The van der Waals surface area contributed by atoms with Gasteiger partial charge < -0.3 is 15.3 Å². The Bertz CT molecular complexity index is 973. The van der Waals surface area contributed by atoms with Crippen molar-refractivity contribution < 1.29 is 14.3 Å². The second kappa shape index (κ2) is 7.31. The quantitative estimate of drug-likeness (QED) is 0.856. The average molecular weight is 382 g/mol. The van der Waals surface area contributed by atoms with Crippen molar-refractivity contribution in [2.75, 3.05) is 19.6 Å². The number of phenolic OH excluding ortho intramolecular Hbond substituents is 1. The van der Waals surface area contributed by atoms with Crippen molar-refractivity contribution in [3.8, 4) is 17.0 Å². The van der Waals surface area contributed by atoms with Crippen molar-refractivity contribution >= 4 is 11.6 Å². The van der Waals surface area contributed by atoms with Crippen LogP contribution in [0.4, 0.5) is 4.39 Å². The maximum Gasteiger partial charge on any atom is 0.255 e. The molecule has 2 aliphatic heterocycles. The second-order valence-corrected chi connectivity index (χ2v) is 7.21. The molecule has 2 aliphatic rings. The summed E-state index contributed by atoms with van der Waals surface area (Å²) in [4.78, 5) is 24.4. The van der Waals surface area contributed by atoms with Crippen LogP contribution in [0.25, 0.3) is 11.3 Å². The molecule has 1 saturated heterocycles. The summed E-state index contributed by atoms with van der Waals surface area (Å²) in [5, 5.41) is 12.8. The highest BCUT2D eigenvalue weighted by molar-refractivity contribution is 6.11. The van der Waals surface area contributed by atoms with Crippen LogP contribution in [-0.2, 0) is 6.54 Å². The van der Waals surface area contributed by atoms with E-state index in [4.69, 9.17) is 0 Å². The monoisotopic (exact) mass is 382 g/mol. The van der Waals surface area contributed by atoms with E-state index in [1.807, 2.05) is 11.8 Å². The first-order valence-electron chi connectivity index (χ1n) is 9.55. The fraction of sp³-hybridized carbons (Fsp3) is 0.381. The highest BCUT2D eigenvalue weighted by atomic mass is 19.1. The number of aromatic hydroxyl groups is 1. The van der Waals surface area contributed by atoms with Gasteiger partial charge in [-0.05, 0) is 31.5 Å². The van der Waals surface area contributed by atoms with Gasteiger partial charge in [0.2, 0.25) is 0 Å². The molecule has 4 rings (SSSR count). The molecule has 6 nitrogen and oxygen atoms in total. The standard InChI is InChI=1S/C21H23FN4O2/c1-3-13-10-23-6-7-26(13)21(28)16-9-18(15-5-4-14(27)8-17(15)22)25-19-11-24-12(2)20(16)19/h4-5,8-9,13,23,27H,3,6-7,10-11H2,1-2H3/t13-/m0/s1. The van der Waals surface area contributed by atoms with Crippen LogP contribution in [0.15, 0.2) is 29.3 Å². The molecule has 0 saturated carbocycles. The van der Waals surface area contributed by atoms with Crippen LogP contribution in [-0.4, -0.2) is 52.3 Å². The van der Waals surface area contributed by atoms with E-state index < -0.39 is 5.82 Å². The number of aromatic nitrogens is 1. The van der Waals surface area contributed by atoms with Gasteiger partial charge in [0.15, 0.2) is 0 Å². The van der Waals surface area contributed by atoms with Crippen molar-refractivity contribution in [1.82, 2.24) is 15.2 Å². The number of hydrogen-bond acceptors (Lipinski definition) is 5. The molecule has 1 amide bonds. The number of nitrogens with one attached hydrogen (secondary N) is 1. The molecule has 0 spiro atoms. The number of carbonyl (C=O) groups excluding carboxylic acids is 1. The van der Waals surface area contributed by atoms with Crippen molar-refractivity contribution in [2.45, 2.75) is 32.9 Å². The number of carbonyl (C=O) groups is 1. The van der Waals surface area contributed by atoms with Crippen LogP contribution in [0, 0.1) is 5.82 Å². The number of halogens is 1. The van der Waals surface area contributed by atoms with E-state index in [1.165, 1.54) is 12.1 Å². The lowest BCUT2D eigenvalue weighted by Crippen LogP contribution is -2.53. The zero-order valence-corrected chi connectivity index (χ0v) is 16.0. The van der Waals surface area contributed by atoms with Crippen molar-refractivity contribution in [3.63, 3.8) is 0 Å². The first-order chi connectivity index (χ1) is 13.5. The van der Waals surface area contributed by atoms with Gasteiger partial charge in [0, 0.05) is 48.6 Å². The fourth-order valence-electron chi connectivity index (χ4n) is 3.95. The fourth-order valence-corrected chi connectivity index (χ4v) is 3.95. The molecule has 0 bridgehead atoms. The molecule has 7 heteroatoms. The minimum atomic E-state index is -0.574. The molecule has 146 valence electrons. The number of phenols is 1. The Kier molecular flexibility index (Phi) is 4.85. The Morgan fingerprint density at radius 2 is 2.21 bits per heavy atom. The Hall–Kier alpha value is -2.80. The lowest BCUT2D eigenvalue weighted by Gasteiger charge is -2.36. The summed E-state index contributed by atoms with van der Waals surface area (Å²) in [5.74, 6) is -0.788. The number of fused-ring (bicyclic) bond motifs is 1. The normalized spacial score (nSPS) is 18.8. The molecule has 0 radical (unpaired) electrons. The maximum atomic E-state index is 14.4. The van der Waals surface area contributed by atoms with Gasteiger partial charge in [-0.3, -0.25) is 9.79 Å². The van der Waals surface area contributed by atoms with E-state index in [9.17, 15) is 14.3 Å². The Morgan fingerprint density at radius 3 is 2.96 bits per heavy atom. The van der Waals surface area contributed by atoms with E-state index in [1.54, 1.807) is 6.07 Å². The van der Waals surface area contributed by atoms with Gasteiger partial charge in [-0.25, -0.2) is 9.37 Å². The number of amides is 1. The van der Waals surface area contributed by atoms with Crippen molar-refractivity contribution in [1.29, 1.82) is 0 Å². The smallest absolute Gasteiger partial charge is 0.255 e. The number of rotatable bonds is 3. The van der Waals surface area contributed by atoms with Crippen molar-refractivity contribution in [3.05, 3.63) is 46.9 Å². The zero-order valence-electron chi connectivity index (χ0n) is 16.0. The third-order valence-corrected chi connectivity index (χ3v) is 5.46.